The van der Waals surface area contributed by atoms with Gasteiger partial charge in [-0.1, -0.05) is 6.07 Å². The molecule has 0 saturated carbocycles. The summed E-state index contributed by atoms with van der Waals surface area (Å²) in [4.78, 5) is 25.4. The molecule has 1 aromatic carbocycles. The quantitative estimate of drug-likeness (QED) is 0.719. The minimum Gasteiger partial charge on any atom is -0.488 e. The summed E-state index contributed by atoms with van der Waals surface area (Å²) in [5.41, 5.74) is -0.183. The maximum absolute atomic E-state index is 13.0. The Balaban J connectivity index is 1.81. The van der Waals surface area contributed by atoms with E-state index >= 15 is 0 Å². The molecule has 1 aliphatic heterocycles. The van der Waals surface area contributed by atoms with E-state index in [0.29, 0.717) is 28.9 Å². The number of hydrogen-bond donors (Lipinski definition) is 1. The van der Waals surface area contributed by atoms with Crippen molar-refractivity contribution >= 4 is 11.8 Å². The maximum atomic E-state index is 13.0. The molecule has 0 unspecified atom stereocenters. The van der Waals surface area contributed by atoms with Gasteiger partial charge < -0.3 is 15.0 Å². The summed E-state index contributed by atoms with van der Waals surface area (Å²) in [7, 11) is 0. The molecule has 30 heavy (non-hydrogen) atoms. The zero-order chi connectivity index (χ0) is 22.3. The van der Waals surface area contributed by atoms with Crippen molar-refractivity contribution in [2.24, 2.45) is 0 Å². The molecule has 0 aromatic heterocycles. The van der Waals surface area contributed by atoms with Gasteiger partial charge in [0, 0.05) is 0 Å². The number of nitrogens with one attached hydrogen (secondary N) is 1. The number of nitrogens with zero attached hydrogens (tertiary/aromatic N) is 1. The van der Waals surface area contributed by atoms with Crippen LogP contribution >= 0.6 is 0 Å². The number of amides is 2. The van der Waals surface area contributed by atoms with Crippen LogP contribution in [-0.2, 0) is 26.9 Å². The van der Waals surface area contributed by atoms with Crippen LogP contribution in [0.1, 0.15) is 36.1 Å². The Morgan fingerprint density at radius 1 is 1.23 bits per heavy atom. The molecule has 1 atom stereocenters. The number of benzene rings is 1. The fourth-order valence-corrected chi connectivity index (χ4v) is 3.59. The van der Waals surface area contributed by atoms with Crippen LogP contribution in [0, 0.1) is 0 Å². The summed E-state index contributed by atoms with van der Waals surface area (Å²) >= 11 is 0. The van der Waals surface area contributed by atoms with Gasteiger partial charge in [-0.3, -0.25) is 9.59 Å². The monoisotopic (exact) mass is 436 g/mol. The van der Waals surface area contributed by atoms with Gasteiger partial charge in [0.1, 0.15) is 6.54 Å². The highest BCUT2D eigenvalue weighted by Gasteiger charge is 2.42. The van der Waals surface area contributed by atoms with Crippen LogP contribution in [0.25, 0.3) is 0 Å². The third-order valence-corrected chi connectivity index (χ3v) is 4.89. The van der Waals surface area contributed by atoms with Crippen molar-refractivity contribution < 1.29 is 40.7 Å². The van der Waals surface area contributed by atoms with Crippen LogP contribution in [0.15, 0.2) is 29.5 Å². The van der Waals surface area contributed by atoms with E-state index in [1.165, 1.54) is 13.0 Å². The summed E-state index contributed by atoms with van der Waals surface area (Å²) in [5.74, 6) is -2.36. The topological polar surface area (TPSA) is 58.6 Å². The lowest BCUT2D eigenvalue weighted by atomic mass is 10.0. The Morgan fingerprint density at radius 3 is 2.53 bits per heavy atom. The summed E-state index contributed by atoms with van der Waals surface area (Å²) in [6.45, 7) is -0.672. The summed E-state index contributed by atoms with van der Waals surface area (Å²) in [6.07, 6.45) is -8.43. The second kappa shape index (κ2) is 7.84. The molecule has 2 amide bonds. The van der Waals surface area contributed by atoms with E-state index in [4.69, 9.17) is 4.74 Å². The van der Waals surface area contributed by atoms with Crippen LogP contribution in [-0.4, -0.2) is 42.6 Å². The minimum atomic E-state index is -4.66. The normalized spacial score (nSPS) is 19.4. The molecule has 0 radical (unpaired) electrons. The Bertz CT molecular complexity index is 891. The number of ether oxygens (including phenoxy) is 1. The third-order valence-electron chi connectivity index (χ3n) is 4.89. The highest BCUT2D eigenvalue weighted by Crippen LogP contribution is 2.37. The van der Waals surface area contributed by atoms with Crippen LogP contribution in [0.4, 0.5) is 26.3 Å². The first-order chi connectivity index (χ1) is 13.9. The Labute approximate surface area is 167 Å². The molecular formula is C19H18F6N2O3. The van der Waals surface area contributed by atoms with Gasteiger partial charge in [-0.05, 0) is 43.0 Å². The van der Waals surface area contributed by atoms with Crippen molar-refractivity contribution in [1.82, 2.24) is 10.2 Å². The van der Waals surface area contributed by atoms with Gasteiger partial charge in [0.25, 0.3) is 11.8 Å². The Kier molecular flexibility index (Phi) is 5.74. The molecule has 3 rings (SSSR count). The average molecular weight is 436 g/mol. The highest BCUT2D eigenvalue weighted by molar-refractivity contribution is 6.07. The predicted molar refractivity (Wildman–Crippen MR) is 91.9 cm³/mol. The number of aryl methyl sites for hydroxylation is 1. The van der Waals surface area contributed by atoms with Crippen molar-refractivity contribution in [1.29, 1.82) is 0 Å². The van der Waals surface area contributed by atoms with Gasteiger partial charge in [-0.25, -0.2) is 0 Å². The fraction of sp³-hybridized carbons (Fsp3) is 0.474. The van der Waals surface area contributed by atoms with E-state index in [1.807, 2.05) is 0 Å². The van der Waals surface area contributed by atoms with Crippen LogP contribution < -0.4 is 5.32 Å². The van der Waals surface area contributed by atoms with Gasteiger partial charge in [-0.15, -0.1) is 0 Å². The second-order valence-corrected chi connectivity index (χ2v) is 6.99. The molecule has 1 heterocycles. The molecule has 164 valence electrons. The van der Waals surface area contributed by atoms with E-state index in [2.05, 4.69) is 5.32 Å². The number of rotatable bonds is 5. The number of halogens is 6. The lowest BCUT2D eigenvalue weighted by Crippen LogP contribution is -2.37. The number of carbonyl (C=O) groups excluding carboxylic acids is 2. The third kappa shape index (κ3) is 4.54. The summed E-state index contributed by atoms with van der Waals surface area (Å²) in [6, 6.07) is 2.51. The molecule has 1 aliphatic carbocycles. The Hall–Kier alpha value is -2.72. The van der Waals surface area contributed by atoms with Crippen LogP contribution in [0.3, 0.4) is 0 Å². The molecule has 0 saturated heterocycles. The molecule has 1 N–H and O–H groups in total. The smallest absolute Gasteiger partial charge is 0.416 e. The number of alkyl halides is 6. The molecule has 0 spiro atoms. The van der Waals surface area contributed by atoms with Crippen molar-refractivity contribution in [3.8, 4) is 0 Å². The van der Waals surface area contributed by atoms with Crippen molar-refractivity contribution in [2.45, 2.75) is 38.2 Å². The van der Waals surface area contributed by atoms with Gasteiger partial charge in [0.2, 0.25) is 0 Å². The number of fused-ring (bicyclic) bond motifs is 1. The summed E-state index contributed by atoms with van der Waals surface area (Å²) < 4.78 is 82.2. The van der Waals surface area contributed by atoms with Crippen molar-refractivity contribution in [2.75, 3.05) is 19.7 Å². The first kappa shape index (κ1) is 22.0. The molecular weight excluding hydrogens is 418 g/mol. The van der Waals surface area contributed by atoms with Crippen molar-refractivity contribution in [3.05, 3.63) is 46.2 Å². The minimum absolute atomic E-state index is 0.0427. The molecule has 0 fully saturated rings. The molecule has 0 bridgehead atoms. The zero-order valence-corrected chi connectivity index (χ0v) is 15.8. The van der Waals surface area contributed by atoms with Gasteiger partial charge in [0.15, 0.2) is 5.76 Å². The second-order valence-electron chi connectivity index (χ2n) is 6.99. The number of hydrogen-bond acceptors (Lipinski definition) is 3. The summed E-state index contributed by atoms with van der Waals surface area (Å²) in [5, 5.41) is 2.54. The van der Waals surface area contributed by atoms with E-state index in [0.717, 1.165) is 12.1 Å². The fourth-order valence-electron chi connectivity index (χ4n) is 3.59. The average Bonchev–Trinajstić information content (AvgIpc) is 3.16. The first-order valence-electron chi connectivity index (χ1n) is 9.13. The SMILES string of the molecule is CCOC1=C(C(=O)N[C@@H]2CCc3ccc(C(F)(F)F)cc32)CN(CC(F)(F)F)C1=O. The molecule has 2 aliphatic rings. The Morgan fingerprint density at radius 2 is 1.93 bits per heavy atom. The zero-order valence-electron chi connectivity index (χ0n) is 15.8. The van der Waals surface area contributed by atoms with E-state index in [1.54, 1.807) is 0 Å². The number of carbonyl (C=O) groups is 2. The van der Waals surface area contributed by atoms with Crippen molar-refractivity contribution in [3.63, 3.8) is 0 Å². The van der Waals surface area contributed by atoms with Crippen LogP contribution in [0.2, 0.25) is 0 Å². The van der Waals surface area contributed by atoms with Gasteiger partial charge in [-0.2, -0.15) is 26.3 Å². The standard InChI is InChI=1S/C19H18F6N2O3/c1-2-30-15-13(8-27(17(15)29)9-18(20,21)22)16(28)26-14-6-4-10-3-5-11(7-12(10)14)19(23,24)25/h3,5,7,14H,2,4,6,8-9H2,1H3,(H,26,28)/t14-/m1/s1. The van der Waals surface area contributed by atoms with Crippen LogP contribution in [0.5, 0.6) is 0 Å². The largest absolute Gasteiger partial charge is 0.488 e. The van der Waals surface area contributed by atoms with E-state index < -0.39 is 54.6 Å². The van der Waals surface area contributed by atoms with Gasteiger partial charge >= 0.3 is 12.4 Å². The lowest BCUT2D eigenvalue weighted by Gasteiger charge is -2.19. The van der Waals surface area contributed by atoms with Gasteiger partial charge in [0.05, 0.1) is 30.3 Å². The molecule has 5 nitrogen and oxygen atoms in total. The highest BCUT2D eigenvalue weighted by atomic mass is 19.4. The molecule has 11 heteroatoms. The van der Waals surface area contributed by atoms with E-state index in [9.17, 15) is 35.9 Å². The molecule has 1 aromatic rings. The maximum Gasteiger partial charge on any atom is 0.416 e. The first-order valence-corrected chi connectivity index (χ1v) is 9.13. The lowest BCUT2D eigenvalue weighted by molar-refractivity contribution is -0.157. The van der Waals surface area contributed by atoms with E-state index in [-0.39, 0.29) is 12.2 Å². The predicted octanol–water partition coefficient (Wildman–Crippen LogP) is 3.50.